The SMILES string of the molecule is O=C(CBr)NCCN(CCNC(=O)CBr)CCNC(=O)CBr. The third-order valence-corrected chi connectivity index (χ3v) is 4.14. The van der Waals surface area contributed by atoms with Gasteiger partial charge in [-0.25, -0.2) is 0 Å². The molecule has 0 radical (unpaired) electrons. The Kier molecular flexibility index (Phi) is 14.3. The highest BCUT2D eigenvalue weighted by atomic mass is 79.9. The number of alkyl halides is 3. The number of amides is 3. The van der Waals surface area contributed by atoms with Crippen LogP contribution in [0.5, 0.6) is 0 Å². The number of carbonyl (C=O) groups excluding carboxylic acids is 3. The van der Waals surface area contributed by atoms with Crippen LogP contribution in [0, 0.1) is 0 Å². The van der Waals surface area contributed by atoms with Gasteiger partial charge in [-0.15, -0.1) is 0 Å². The van der Waals surface area contributed by atoms with Gasteiger partial charge in [-0.05, 0) is 0 Å². The Morgan fingerprint density at radius 3 is 1.14 bits per heavy atom. The average molecular weight is 509 g/mol. The van der Waals surface area contributed by atoms with Crippen LogP contribution in [0.4, 0.5) is 0 Å². The lowest BCUT2D eigenvalue weighted by atomic mass is 10.4. The highest BCUT2D eigenvalue weighted by molar-refractivity contribution is 9.09. The van der Waals surface area contributed by atoms with Gasteiger partial charge in [0.15, 0.2) is 0 Å². The minimum absolute atomic E-state index is 0.0693. The molecule has 0 heterocycles. The van der Waals surface area contributed by atoms with Crippen LogP contribution in [0.3, 0.4) is 0 Å². The van der Waals surface area contributed by atoms with E-state index in [-0.39, 0.29) is 33.7 Å². The van der Waals surface area contributed by atoms with Crippen LogP contribution in [0.15, 0.2) is 0 Å². The van der Waals surface area contributed by atoms with E-state index in [4.69, 9.17) is 0 Å². The molecule has 0 rings (SSSR count). The van der Waals surface area contributed by atoms with Crippen molar-refractivity contribution in [1.29, 1.82) is 0 Å². The third-order valence-electron chi connectivity index (χ3n) is 2.61. The van der Waals surface area contributed by atoms with Crippen LogP contribution < -0.4 is 16.0 Å². The summed E-state index contributed by atoms with van der Waals surface area (Å²) >= 11 is 9.25. The zero-order valence-electron chi connectivity index (χ0n) is 12.2. The Labute approximate surface area is 155 Å². The number of hydrogen-bond donors (Lipinski definition) is 3. The second-order valence-electron chi connectivity index (χ2n) is 4.29. The molecule has 128 valence electrons. The predicted octanol–water partition coefficient (Wildman–Crippen LogP) is -0.178. The molecule has 0 aliphatic carbocycles. The fraction of sp³-hybridized carbons (Fsp3) is 0.750. The summed E-state index contributed by atoms with van der Waals surface area (Å²) in [4.78, 5) is 35.6. The summed E-state index contributed by atoms with van der Waals surface area (Å²) in [6.45, 7) is 3.49. The topological polar surface area (TPSA) is 90.5 Å². The van der Waals surface area contributed by atoms with E-state index in [9.17, 15) is 14.4 Å². The number of hydrogen-bond acceptors (Lipinski definition) is 4. The molecule has 0 fully saturated rings. The standard InChI is InChI=1S/C12H21Br3N4O3/c13-7-10(20)16-1-4-19(5-2-17-11(21)8-14)6-3-18-12(22)9-15/h1-9H2,(H,16,20)(H,17,21)(H,18,22). The summed E-state index contributed by atoms with van der Waals surface area (Å²) in [6, 6.07) is 0. The smallest absolute Gasteiger partial charge is 0.230 e. The lowest BCUT2D eigenvalue weighted by molar-refractivity contribution is -0.119. The van der Waals surface area contributed by atoms with Crippen LogP contribution in [0.1, 0.15) is 0 Å². The maximum atomic E-state index is 11.2. The molecule has 0 aliphatic heterocycles. The normalized spacial score (nSPS) is 10.4. The fourth-order valence-electron chi connectivity index (χ4n) is 1.54. The highest BCUT2D eigenvalue weighted by Gasteiger charge is 2.07. The molecular formula is C12H21Br3N4O3. The predicted molar refractivity (Wildman–Crippen MR) is 96.9 cm³/mol. The van der Waals surface area contributed by atoms with E-state index >= 15 is 0 Å². The summed E-state index contributed by atoms with van der Waals surface area (Å²) < 4.78 is 0. The van der Waals surface area contributed by atoms with E-state index in [0.29, 0.717) is 39.3 Å². The lowest BCUT2D eigenvalue weighted by Crippen LogP contribution is -2.43. The largest absolute Gasteiger partial charge is 0.354 e. The van der Waals surface area contributed by atoms with Crippen molar-refractivity contribution in [3.63, 3.8) is 0 Å². The Bertz CT molecular complexity index is 306. The molecule has 0 spiro atoms. The first-order valence-electron chi connectivity index (χ1n) is 6.73. The Morgan fingerprint density at radius 2 is 0.909 bits per heavy atom. The minimum Gasteiger partial charge on any atom is -0.354 e. The molecule has 10 heteroatoms. The summed E-state index contributed by atoms with van der Waals surface area (Å²) in [5.41, 5.74) is 0. The quantitative estimate of drug-likeness (QED) is 0.319. The molecule has 3 amide bonds. The van der Waals surface area contributed by atoms with Gasteiger partial charge < -0.3 is 16.0 Å². The van der Waals surface area contributed by atoms with Crippen molar-refractivity contribution in [1.82, 2.24) is 20.9 Å². The van der Waals surface area contributed by atoms with E-state index in [0.717, 1.165) is 0 Å². The molecule has 0 aromatic rings. The molecule has 0 aromatic carbocycles. The first-order valence-corrected chi connectivity index (χ1v) is 10.1. The number of nitrogens with zero attached hydrogens (tertiary/aromatic N) is 1. The van der Waals surface area contributed by atoms with Crippen molar-refractivity contribution in [3.05, 3.63) is 0 Å². The van der Waals surface area contributed by atoms with Gasteiger partial charge in [-0.3, -0.25) is 19.3 Å². The first-order chi connectivity index (χ1) is 10.5. The van der Waals surface area contributed by atoms with E-state index in [1.807, 2.05) is 0 Å². The van der Waals surface area contributed by atoms with Crippen molar-refractivity contribution in [2.45, 2.75) is 0 Å². The van der Waals surface area contributed by atoms with Crippen LogP contribution in [-0.2, 0) is 14.4 Å². The van der Waals surface area contributed by atoms with Crippen LogP contribution in [-0.4, -0.2) is 77.9 Å². The van der Waals surface area contributed by atoms with Crippen molar-refractivity contribution in [2.24, 2.45) is 0 Å². The molecule has 0 atom stereocenters. The third kappa shape index (κ3) is 12.4. The zero-order chi connectivity index (χ0) is 16.8. The monoisotopic (exact) mass is 506 g/mol. The van der Waals surface area contributed by atoms with Gasteiger partial charge >= 0.3 is 0 Å². The minimum atomic E-state index is -0.0693. The second kappa shape index (κ2) is 14.4. The average Bonchev–Trinajstić information content (AvgIpc) is 2.53. The van der Waals surface area contributed by atoms with Crippen molar-refractivity contribution < 1.29 is 14.4 Å². The number of rotatable bonds is 12. The molecule has 0 aliphatic rings. The van der Waals surface area contributed by atoms with Gasteiger partial charge in [0.1, 0.15) is 0 Å². The van der Waals surface area contributed by atoms with Gasteiger partial charge in [0.2, 0.25) is 17.7 Å². The van der Waals surface area contributed by atoms with Crippen molar-refractivity contribution >= 4 is 65.5 Å². The van der Waals surface area contributed by atoms with Crippen LogP contribution >= 0.6 is 47.8 Å². The highest BCUT2D eigenvalue weighted by Crippen LogP contribution is 1.88. The number of nitrogens with one attached hydrogen (secondary N) is 3. The number of halogens is 3. The van der Waals surface area contributed by atoms with E-state index in [2.05, 4.69) is 68.6 Å². The Hall–Kier alpha value is -0.190. The Morgan fingerprint density at radius 1 is 0.636 bits per heavy atom. The molecule has 0 bridgehead atoms. The van der Waals surface area contributed by atoms with Gasteiger partial charge in [0.05, 0.1) is 16.0 Å². The molecule has 0 unspecified atom stereocenters. The fourth-order valence-corrected chi connectivity index (χ4v) is 2.13. The van der Waals surface area contributed by atoms with Gasteiger partial charge in [-0.1, -0.05) is 47.8 Å². The van der Waals surface area contributed by atoms with Crippen LogP contribution in [0.2, 0.25) is 0 Å². The number of carbonyl (C=O) groups is 3. The van der Waals surface area contributed by atoms with Gasteiger partial charge in [0, 0.05) is 39.3 Å². The maximum Gasteiger partial charge on any atom is 0.230 e. The van der Waals surface area contributed by atoms with Crippen LogP contribution in [0.25, 0.3) is 0 Å². The maximum absolute atomic E-state index is 11.2. The summed E-state index contributed by atoms with van der Waals surface area (Å²) in [6.07, 6.45) is 0. The molecule has 7 nitrogen and oxygen atoms in total. The summed E-state index contributed by atoms with van der Waals surface area (Å²) in [5.74, 6) is -0.208. The van der Waals surface area contributed by atoms with Gasteiger partial charge in [0.25, 0.3) is 0 Å². The lowest BCUT2D eigenvalue weighted by Gasteiger charge is -2.22. The van der Waals surface area contributed by atoms with E-state index in [1.54, 1.807) is 0 Å². The Balaban J connectivity index is 4.09. The summed E-state index contributed by atoms with van der Waals surface area (Å²) in [7, 11) is 0. The second-order valence-corrected chi connectivity index (χ2v) is 5.97. The molecule has 0 saturated carbocycles. The van der Waals surface area contributed by atoms with Crippen molar-refractivity contribution in [3.8, 4) is 0 Å². The summed E-state index contributed by atoms with van der Waals surface area (Å²) in [5, 5.41) is 9.12. The first kappa shape index (κ1) is 21.8. The zero-order valence-corrected chi connectivity index (χ0v) is 16.9. The van der Waals surface area contributed by atoms with Crippen molar-refractivity contribution in [2.75, 3.05) is 55.3 Å². The molecule has 0 saturated heterocycles. The van der Waals surface area contributed by atoms with E-state index in [1.165, 1.54) is 0 Å². The van der Waals surface area contributed by atoms with Gasteiger partial charge in [-0.2, -0.15) is 0 Å². The molecule has 22 heavy (non-hydrogen) atoms. The molecule has 3 N–H and O–H groups in total. The van der Waals surface area contributed by atoms with E-state index < -0.39 is 0 Å². The molecule has 0 aromatic heterocycles. The molecular weight excluding hydrogens is 488 g/mol.